The second kappa shape index (κ2) is 8.45. The third kappa shape index (κ3) is 4.91. The Kier molecular flexibility index (Phi) is 6.31. The van der Waals surface area contributed by atoms with Crippen molar-refractivity contribution in [3.05, 3.63) is 18.3 Å². The fraction of sp³-hybridized carbons (Fsp3) is 0.625. The van der Waals surface area contributed by atoms with E-state index in [1.807, 2.05) is 30.9 Å². The summed E-state index contributed by atoms with van der Waals surface area (Å²) in [6.45, 7) is 6.82. The first-order chi connectivity index (χ1) is 11.1. The van der Waals surface area contributed by atoms with E-state index < -0.39 is 0 Å². The van der Waals surface area contributed by atoms with Crippen molar-refractivity contribution in [2.75, 3.05) is 37.6 Å². The zero-order valence-corrected chi connectivity index (χ0v) is 13.9. The van der Waals surface area contributed by atoms with Crippen molar-refractivity contribution < 1.29 is 9.59 Å². The first-order valence-corrected chi connectivity index (χ1v) is 8.20. The van der Waals surface area contributed by atoms with Crippen LogP contribution in [0, 0.1) is 5.92 Å². The number of hydrogen-bond donors (Lipinski definition) is 1. The minimum absolute atomic E-state index is 0.0253. The monoisotopic (exact) mass is 319 g/mol. The first-order valence-electron chi connectivity index (χ1n) is 8.20. The maximum Gasteiger partial charge on any atom is 0.242 e. The van der Waals surface area contributed by atoms with Crippen molar-refractivity contribution in [2.24, 2.45) is 5.92 Å². The first kappa shape index (κ1) is 17.2. The Balaban J connectivity index is 1.83. The van der Waals surface area contributed by atoms with E-state index in [0.717, 1.165) is 31.7 Å². The normalized spacial score (nSPS) is 16.6. The van der Waals surface area contributed by atoms with Crippen LogP contribution in [0.5, 0.6) is 0 Å². The molecule has 1 aliphatic heterocycles. The summed E-state index contributed by atoms with van der Waals surface area (Å²) in [4.78, 5) is 28.0. The topological polar surface area (TPSA) is 78.4 Å². The van der Waals surface area contributed by atoms with Gasteiger partial charge in [-0.25, -0.2) is 0 Å². The molecule has 7 nitrogen and oxygen atoms in total. The van der Waals surface area contributed by atoms with E-state index >= 15 is 0 Å². The Bertz CT molecular complexity index is 522. The highest BCUT2D eigenvalue weighted by Crippen LogP contribution is 2.12. The van der Waals surface area contributed by atoms with Crippen molar-refractivity contribution in [2.45, 2.75) is 26.7 Å². The molecule has 0 spiro atoms. The van der Waals surface area contributed by atoms with Gasteiger partial charge in [-0.15, -0.1) is 5.10 Å². The van der Waals surface area contributed by atoms with Gasteiger partial charge in [-0.3, -0.25) is 9.59 Å². The van der Waals surface area contributed by atoms with E-state index in [-0.39, 0.29) is 24.3 Å². The number of rotatable bonds is 5. The molecule has 0 saturated carbocycles. The van der Waals surface area contributed by atoms with Crippen LogP contribution in [0.1, 0.15) is 26.7 Å². The summed E-state index contributed by atoms with van der Waals surface area (Å²) < 4.78 is 0. The summed E-state index contributed by atoms with van der Waals surface area (Å²) in [5.74, 6) is 0.699. The molecule has 0 aliphatic carbocycles. The van der Waals surface area contributed by atoms with E-state index in [1.165, 1.54) is 0 Å². The number of carbonyl (C=O) groups is 2. The Morgan fingerprint density at radius 1 is 1.30 bits per heavy atom. The molecule has 2 amide bonds. The minimum Gasteiger partial charge on any atom is -0.353 e. The maximum atomic E-state index is 12.3. The lowest BCUT2D eigenvalue weighted by atomic mass is 10.1. The molecule has 23 heavy (non-hydrogen) atoms. The zero-order chi connectivity index (χ0) is 16.7. The summed E-state index contributed by atoms with van der Waals surface area (Å²) in [5, 5.41) is 10.7. The van der Waals surface area contributed by atoms with Gasteiger partial charge in [-0.1, -0.05) is 13.8 Å². The van der Waals surface area contributed by atoms with Gasteiger partial charge in [0.25, 0.3) is 0 Å². The lowest BCUT2D eigenvalue weighted by Gasteiger charge is -2.22. The van der Waals surface area contributed by atoms with Gasteiger partial charge in [0.15, 0.2) is 5.82 Å². The quantitative estimate of drug-likeness (QED) is 0.863. The average Bonchev–Trinajstić information content (AvgIpc) is 2.85. The van der Waals surface area contributed by atoms with Gasteiger partial charge >= 0.3 is 0 Å². The van der Waals surface area contributed by atoms with Gasteiger partial charge < -0.3 is 15.1 Å². The smallest absolute Gasteiger partial charge is 0.242 e. The average molecular weight is 319 g/mol. The molecule has 0 radical (unpaired) electrons. The lowest BCUT2D eigenvalue weighted by molar-refractivity contribution is -0.133. The summed E-state index contributed by atoms with van der Waals surface area (Å²) in [6.07, 6.45) is 3.30. The Morgan fingerprint density at radius 3 is 2.83 bits per heavy atom. The van der Waals surface area contributed by atoms with Crippen molar-refractivity contribution in [1.82, 2.24) is 20.4 Å². The van der Waals surface area contributed by atoms with Gasteiger partial charge in [0.2, 0.25) is 11.8 Å². The predicted octanol–water partition coefficient (Wildman–Crippen LogP) is 0.678. The molecule has 1 aromatic rings. The molecule has 0 bridgehead atoms. The fourth-order valence-corrected chi connectivity index (χ4v) is 2.49. The summed E-state index contributed by atoms with van der Waals surface area (Å²) in [6, 6.07) is 3.79. The van der Waals surface area contributed by atoms with Gasteiger partial charge in [-0.05, 0) is 25.0 Å². The zero-order valence-electron chi connectivity index (χ0n) is 13.9. The molecule has 2 rings (SSSR count). The molecular weight excluding hydrogens is 294 g/mol. The van der Waals surface area contributed by atoms with E-state index in [9.17, 15) is 9.59 Å². The number of amides is 2. The number of anilines is 1. The van der Waals surface area contributed by atoms with E-state index in [0.29, 0.717) is 13.1 Å². The molecule has 1 fully saturated rings. The Labute approximate surface area is 137 Å². The number of nitrogens with zero attached hydrogens (tertiary/aromatic N) is 4. The van der Waals surface area contributed by atoms with E-state index in [4.69, 9.17) is 0 Å². The molecule has 2 heterocycles. The molecule has 1 saturated heterocycles. The highest BCUT2D eigenvalue weighted by atomic mass is 16.2. The van der Waals surface area contributed by atoms with E-state index in [2.05, 4.69) is 20.4 Å². The second-order valence-corrected chi connectivity index (χ2v) is 5.83. The molecule has 0 aromatic carbocycles. The van der Waals surface area contributed by atoms with E-state index in [1.54, 1.807) is 6.20 Å². The van der Waals surface area contributed by atoms with Crippen LogP contribution in [-0.2, 0) is 9.59 Å². The molecular formula is C16H25N5O2. The second-order valence-electron chi connectivity index (χ2n) is 5.83. The molecule has 1 unspecified atom stereocenters. The third-order valence-corrected chi connectivity index (χ3v) is 4.20. The minimum atomic E-state index is -0.0585. The van der Waals surface area contributed by atoms with Crippen LogP contribution in [0.15, 0.2) is 18.3 Å². The van der Waals surface area contributed by atoms with Gasteiger partial charge in [-0.2, -0.15) is 5.10 Å². The predicted molar refractivity (Wildman–Crippen MR) is 87.9 cm³/mol. The Morgan fingerprint density at radius 2 is 2.13 bits per heavy atom. The summed E-state index contributed by atoms with van der Waals surface area (Å²) in [5.41, 5.74) is 0. The van der Waals surface area contributed by atoms with Gasteiger partial charge in [0, 0.05) is 38.3 Å². The summed E-state index contributed by atoms with van der Waals surface area (Å²) in [7, 11) is 0. The molecule has 1 aromatic heterocycles. The number of carbonyl (C=O) groups excluding carboxylic acids is 2. The van der Waals surface area contributed by atoms with Crippen molar-refractivity contribution in [3.63, 3.8) is 0 Å². The van der Waals surface area contributed by atoms with Crippen LogP contribution >= 0.6 is 0 Å². The third-order valence-electron chi connectivity index (χ3n) is 4.20. The van der Waals surface area contributed by atoms with Crippen LogP contribution < -0.4 is 10.2 Å². The molecule has 7 heteroatoms. The van der Waals surface area contributed by atoms with Crippen LogP contribution in [0.25, 0.3) is 0 Å². The summed E-state index contributed by atoms with van der Waals surface area (Å²) >= 11 is 0. The van der Waals surface area contributed by atoms with Crippen LogP contribution in [0.3, 0.4) is 0 Å². The van der Waals surface area contributed by atoms with Gasteiger partial charge in [0.05, 0.1) is 6.54 Å². The van der Waals surface area contributed by atoms with Crippen molar-refractivity contribution in [1.29, 1.82) is 0 Å². The standard InChI is InChI=1S/C16H25N5O2/c1-3-13(2)16(23)17-12-15(22)21-9-5-8-20(10-11-21)14-6-4-7-18-19-14/h4,6-7,13H,3,5,8-12H2,1-2H3,(H,17,23). The maximum absolute atomic E-state index is 12.3. The highest BCUT2D eigenvalue weighted by Gasteiger charge is 2.20. The number of hydrogen-bond acceptors (Lipinski definition) is 5. The Hall–Kier alpha value is -2.18. The largest absolute Gasteiger partial charge is 0.353 e. The molecule has 1 aliphatic rings. The van der Waals surface area contributed by atoms with Crippen molar-refractivity contribution in [3.8, 4) is 0 Å². The van der Waals surface area contributed by atoms with Gasteiger partial charge in [0.1, 0.15) is 0 Å². The molecule has 1 N–H and O–H groups in total. The number of nitrogens with one attached hydrogen (secondary N) is 1. The molecule has 126 valence electrons. The fourth-order valence-electron chi connectivity index (χ4n) is 2.49. The van der Waals surface area contributed by atoms with Crippen LogP contribution in [0.2, 0.25) is 0 Å². The SMILES string of the molecule is CCC(C)C(=O)NCC(=O)N1CCCN(c2cccnn2)CC1. The van der Waals surface area contributed by atoms with Crippen molar-refractivity contribution >= 4 is 17.6 Å². The number of aromatic nitrogens is 2. The lowest BCUT2D eigenvalue weighted by Crippen LogP contribution is -2.43. The molecule has 1 atom stereocenters. The van der Waals surface area contributed by atoms with Crippen LogP contribution in [0.4, 0.5) is 5.82 Å². The van der Waals surface area contributed by atoms with Crippen LogP contribution in [-0.4, -0.2) is 59.6 Å². The highest BCUT2D eigenvalue weighted by molar-refractivity contribution is 5.85.